The number of nitrogens with two attached hydrogens (primary N) is 1. The Hall–Kier alpha value is -1.10. The molecule has 1 unspecified atom stereocenters. The van der Waals surface area contributed by atoms with E-state index < -0.39 is 0 Å². The van der Waals surface area contributed by atoms with Crippen LogP contribution in [0.1, 0.15) is 36.1 Å². The maximum Gasteiger partial charge on any atom is 0.128 e. The van der Waals surface area contributed by atoms with Crippen LogP contribution in [0.2, 0.25) is 5.02 Å². The SMILES string of the molecule is CCCNC(c1cscc1C)c1cc(Cl)cnc1N. The lowest BCUT2D eigenvalue weighted by Crippen LogP contribution is -2.24. The molecule has 2 rings (SSSR count). The number of hydrogen-bond donors (Lipinski definition) is 2. The third kappa shape index (κ3) is 3.26. The fourth-order valence-corrected chi connectivity index (χ4v) is 3.08. The number of thiophene rings is 1. The van der Waals surface area contributed by atoms with Crippen LogP contribution in [-0.2, 0) is 0 Å². The van der Waals surface area contributed by atoms with Gasteiger partial charge in [0.15, 0.2) is 0 Å². The molecule has 0 aliphatic heterocycles. The summed E-state index contributed by atoms with van der Waals surface area (Å²) >= 11 is 7.75. The summed E-state index contributed by atoms with van der Waals surface area (Å²) < 4.78 is 0. The van der Waals surface area contributed by atoms with E-state index in [1.54, 1.807) is 17.5 Å². The van der Waals surface area contributed by atoms with Crippen LogP contribution in [0.25, 0.3) is 0 Å². The van der Waals surface area contributed by atoms with Gasteiger partial charge in [0.25, 0.3) is 0 Å². The van der Waals surface area contributed by atoms with Crippen LogP contribution in [0.3, 0.4) is 0 Å². The van der Waals surface area contributed by atoms with Crippen molar-refractivity contribution >= 4 is 28.8 Å². The van der Waals surface area contributed by atoms with Crippen LogP contribution in [0.4, 0.5) is 5.82 Å². The molecule has 2 heterocycles. The van der Waals surface area contributed by atoms with E-state index in [-0.39, 0.29) is 6.04 Å². The normalized spacial score (nSPS) is 12.6. The Morgan fingerprint density at radius 3 is 2.84 bits per heavy atom. The van der Waals surface area contributed by atoms with E-state index in [4.69, 9.17) is 17.3 Å². The highest BCUT2D eigenvalue weighted by Gasteiger charge is 2.19. The van der Waals surface area contributed by atoms with Crippen molar-refractivity contribution in [2.75, 3.05) is 12.3 Å². The number of nitrogens with zero attached hydrogens (tertiary/aromatic N) is 1. The first-order valence-corrected chi connectivity index (χ1v) is 7.62. The smallest absolute Gasteiger partial charge is 0.128 e. The van der Waals surface area contributed by atoms with Crippen LogP contribution >= 0.6 is 22.9 Å². The average Bonchev–Trinajstić information content (AvgIpc) is 2.80. The summed E-state index contributed by atoms with van der Waals surface area (Å²) in [6.45, 7) is 5.18. The largest absolute Gasteiger partial charge is 0.383 e. The minimum Gasteiger partial charge on any atom is -0.383 e. The molecule has 3 nitrogen and oxygen atoms in total. The summed E-state index contributed by atoms with van der Waals surface area (Å²) in [6.07, 6.45) is 2.64. The zero-order valence-corrected chi connectivity index (χ0v) is 12.7. The average molecular weight is 296 g/mol. The lowest BCUT2D eigenvalue weighted by atomic mass is 9.99. The summed E-state index contributed by atoms with van der Waals surface area (Å²) in [7, 11) is 0. The Balaban J connectivity index is 2.42. The molecule has 0 radical (unpaired) electrons. The molecule has 0 bridgehead atoms. The van der Waals surface area contributed by atoms with Gasteiger partial charge in [0.05, 0.1) is 11.1 Å². The van der Waals surface area contributed by atoms with Gasteiger partial charge in [-0.05, 0) is 47.8 Å². The summed E-state index contributed by atoms with van der Waals surface area (Å²) in [5, 5.41) is 8.44. The van der Waals surface area contributed by atoms with Crippen LogP contribution < -0.4 is 11.1 Å². The van der Waals surface area contributed by atoms with Gasteiger partial charge in [0, 0.05) is 11.8 Å². The van der Waals surface area contributed by atoms with Gasteiger partial charge in [-0.2, -0.15) is 11.3 Å². The highest BCUT2D eigenvalue weighted by molar-refractivity contribution is 7.08. The third-order valence-electron chi connectivity index (χ3n) is 3.03. The predicted octanol–water partition coefficient (Wildman–Crippen LogP) is 3.78. The van der Waals surface area contributed by atoms with Crippen molar-refractivity contribution in [1.29, 1.82) is 0 Å². The summed E-state index contributed by atoms with van der Waals surface area (Å²) in [4.78, 5) is 4.16. The van der Waals surface area contributed by atoms with Gasteiger partial charge in [0.1, 0.15) is 5.82 Å². The third-order valence-corrected chi connectivity index (χ3v) is 4.12. The molecule has 0 amide bonds. The molecule has 0 saturated heterocycles. The molecular weight excluding hydrogens is 278 g/mol. The first-order chi connectivity index (χ1) is 9.13. The molecule has 0 aromatic carbocycles. The molecule has 3 N–H and O–H groups in total. The number of aryl methyl sites for hydroxylation is 1. The second-order valence-electron chi connectivity index (χ2n) is 4.53. The Morgan fingerprint density at radius 2 is 2.21 bits per heavy atom. The molecule has 2 aromatic heterocycles. The van der Waals surface area contributed by atoms with E-state index in [1.807, 2.05) is 6.07 Å². The maximum atomic E-state index is 6.05. The predicted molar refractivity (Wildman–Crippen MR) is 82.9 cm³/mol. The van der Waals surface area contributed by atoms with Crippen LogP contribution in [-0.4, -0.2) is 11.5 Å². The first-order valence-electron chi connectivity index (χ1n) is 6.30. The number of halogens is 1. The van der Waals surface area contributed by atoms with Gasteiger partial charge in [-0.25, -0.2) is 4.98 Å². The van der Waals surface area contributed by atoms with E-state index in [0.717, 1.165) is 18.5 Å². The Kier molecular flexibility index (Phi) is 4.80. The van der Waals surface area contributed by atoms with E-state index in [1.165, 1.54) is 11.1 Å². The second kappa shape index (κ2) is 6.37. The topological polar surface area (TPSA) is 50.9 Å². The van der Waals surface area contributed by atoms with Crippen molar-refractivity contribution in [2.45, 2.75) is 26.3 Å². The van der Waals surface area contributed by atoms with E-state index in [9.17, 15) is 0 Å². The highest BCUT2D eigenvalue weighted by atomic mass is 35.5. The lowest BCUT2D eigenvalue weighted by molar-refractivity contribution is 0.598. The molecule has 0 aliphatic carbocycles. The van der Waals surface area contributed by atoms with Crippen molar-refractivity contribution in [1.82, 2.24) is 10.3 Å². The number of pyridine rings is 1. The Morgan fingerprint density at radius 1 is 1.42 bits per heavy atom. The zero-order chi connectivity index (χ0) is 13.8. The number of nitrogens with one attached hydrogen (secondary N) is 1. The van der Waals surface area contributed by atoms with E-state index in [2.05, 4.69) is 34.9 Å². The summed E-state index contributed by atoms with van der Waals surface area (Å²) in [5.41, 5.74) is 9.47. The van der Waals surface area contributed by atoms with Crippen LogP contribution in [0.15, 0.2) is 23.0 Å². The second-order valence-corrected chi connectivity index (χ2v) is 5.71. The number of nitrogen functional groups attached to an aromatic ring is 1. The number of anilines is 1. The quantitative estimate of drug-likeness (QED) is 0.882. The number of hydrogen-bond acceptors (Lipinski definition) is 4. The van der Waals surface area contributed by atoms with E-state index in [0.29, 0.717) is 10.8 Å². The maximum absolute atomic E-state index is 6.05. The van der Waals surface area contributed by atoms with E-state index >= 15 is 0 Å². The summed E-state index contributed by atoms with van der Waals surface area (Å²) in [6, 6.07) is 1.95. The molecule has 0 spiro atoms. The fraction of sp³-hybridized carbons (Fsp3) is 0.357. The van der Waals surface area contributed by atoms with Gasteiger partial charge < -0.3 is 11.1 Å². The summed E-state index contributed by atoms with van der Waals surface area (Å²) in [5.74, 6) is 0.531. The van der Waals surface area contributed by atoms with Gasteiger partial charge in [0.2, 0.25) is 0 Å². The Bertz CT molecular complexity index is 553. The van der Waals surface area contributed by atoms with Gasteiger partial charge >= 0.3 is 0 Å². The van der Waals surface area contributed by atoms with Crippen molar-refractivity contribution < 1.29 is 0 Å². The van der Waals surface area contributed by atoms with Crippen LogP contribution in [0.5, 0.6) is 0 Å². The van der Waals surface area contributed by atoms with Gasteiger partial charge in [-0.3, -0.25) is 0 Å². The molecule has 0 saturated carbocycles. The standard InChI is InChI=1S/C14H18ClN3S/c1-3-4-17-13(12-8-19-7-9(12)2)11-5-10(15)6-18-14(11)16/h5-8,13,17H,3-4H2,1-2H3,(H2,16,18). The Labute approximate surface area is 122 Å². The van der Waals surface area contributed by atoms with Crippen molar-refractivity contribution in [3.05, 3.63) is 44.7 Å². The lowest BCUT2D eigenvalue weighted by Gasteiger charge is -2.20. The molecule has 19 heavy (non-hydrogen) atoms. The van der Waals surface area contributed by atoms with Crippen LogP contribution in [0, 0.1) is 6.92 Å². The zero-order valence-electron chi connectivity index (χ0n) is 11.1. The molecule has 102 valence electrons. The highest BCUT2D eigenvalue weighted by Crippen LogP contribution is 2.31. The van der Waals surface area contributed by atoms with Gasteiger partial charge in [-0.15, -0.1) is 0 Å². The van der Waals surface area contributed by atoms with Crippen molar-refractivity contribution in [2.24, 2.45) is 0 Å². The first kappa shape index (κ1) is 14.3. The number of rotatable bonds is 5. The molecule has 5 heteroatoms. The van der Waals surface area contributed by atoms with Crippen molar-refractivity contribution in [3.8, 4) is 0 Å². The molecular formula is C14H18ClN3S. The minimum atomic E-state index is 0.0531. The monoisotopic (exact) mass is 295 g/mol. The molecule has 1 atom stereocenters. The van der Waals surface area contributed by atoms with Crippen molar-refractivity contribution in [3.63, 3.8) is 0 Å². The van der Waals surface area contributed by atoms with Gasteiger partial charge in [-0.1, -0.05) is 18.5 Å². The molecule has 2 aromatic rings. The minimum absolute atomic E-state index is 0.0531. The molecule has 0 fully saturated rings. The molecule has 0 aliphatic rings. The number of aromatic nitrogens is 1. The fourth-order valence-electron chi connectivity index (χ4n) is 2.04.